The normalized spacial score (nSPS) is 12.4. The zero-order valence-electron chi connectivity index (χ0n) is 12.8. The van der Waals surface area contributed by atoms with Crippen molar-refractivity contribution in [1.82, 2.24) is 5.32 Å². The molecule has 0 spiro atoms. The molecule has 3 heteroatoms. The summed E-state index contributed by atoms with van der Waals surface area (Å²) in [5.74, 6) is 0.314. The fraction of sp³-hybridized carbons (Fsp3) is 0.333. The third kappa shape index (κ3) is 4.57. The highest BCUT2D eigenvalue weighted by Gasteiger charge is 2.14. The Morgan fingerprint density at radius 2 is 1.81 bits per heavy atom. The van der Waals surface area contributed by atoms with E-state index in [1.165, 1.54) is 6.07 Å². The van der Waals surface area contributed by atoms with Gasteiger partial charge in [0.2, 0.25) is 0 Å². The van der Waals surface area contributed by atoms with E-state index < -0.39 is 0 Å². The summed E-state index contributed by atoms with van der Waals surface area (Å²) in [6.07, 6.45) is -0.143. The molecule has 0 aliphatic heterocycles. The van der Waals surface area contributed by atoms with Crippen LogP contribution in [0.5, 0.6) is 5.75 Å². The lowest BCUT2D eigenvalue weighted by Gasteiger charge is -2.21. The molecule has 0 aromatic heterocycles. The van der Waals surface area contributed by atoms with Gasteiger partial charge >= 0.3 is 0 Å². The van der Waals surface area contributed by atoms with Crippen molar-refractivity contribution in [2.75, 3.05) is 6.54 Å². The molecule has 0 radical (unpaired) electrons. The Hall–Kier alpha value is -1.87. The van der Waals surface area contributed by atoms with E-state index in [0.29, 0.717) is 23.9 Å². The van der Waals surface area contributed by atoms with Gasteiger partial charge in [-0.1, -0.05) is 50.2 Å². The summed E-state index contributed by atoms with van der Waals surface area (Å²) in [7, 11) is 0. The Labute approximate surface area is 126 Å². The molecular weight excluding hydrogens is 265 g/mol. The predicted molar refractivity (Wildman–Crippen MR) is 84.1 cm³/mol. The van der Waals surface area contributed by atoms with Gasteiger partial charge < -0.3 is 10.1 Å². The van der Waals surface area contributed by atoms with Crippen LogP contribution in [0, 0.1) is 12.7 Å². The standard InChI is InChI=1S/C18H22FNO/c1-13(2)20-12-18(15-7-5-4-6-8-15)21-16-10-9-14(3)17(19)11-16/h4-11,13,18,20H,12H2,1-3H3. The molecule has 2 aromatic rings. The minimum absolute atomic E-state index is 0.143. The molecule has 0 aliphatic carbocycles. The highest BCUT2D eigenvalue weighted by Crippen LogP contribution is 2.23. The Morgan fingerprint density at radius 3 is 2.43 bits per heavy atom. The first-order valence-electron chi connectivity index (χ1n) is 7.27. The van der Waals surface area contributed by atoms with Gasteiger partial charge in [-0.25, -0.2) is 4.39 Å². The number of rotatable bonds is 6. The molecule has 21 heavy (non-hydrogen) atoms. The maximum absolute atomic E-state index is 13.7. The third-order valence-corrected chi connectivity index (χ3v) is 3.30. The summed E-state index contributed by atoms with van der Waals surface area (Å²) >= 11 is 0. The van der Waals surface area contributed by atoms with Crippen LogP contribution in [-0.4, -0.2) is 12.6 Å². The lowest BCUT2D eigenvalue weighted by Crippen LogP contribution is -2.30. The summed E-state index contributed by atoms with van der Waals surface area (Å²) in [6, 6.07) is 15.4. The molecule has 1 unspecified atom stereocenters. The molecule has 1 atom stereocenters. The van der Waals surface area contributed by atoms with Crippen LogP contribution < -0.4 is 10.1 Å². The predicted octanol–water partition coefficient (Wildman–Crippen LogP) is 4.25. The van der Waals surface area contributed by atoms with Gasteiger partial charge in [0.05, 0.1) is 0 Å². The maximum atomic E-state index is 13.7. The Bertz CT molecular complexity index is 569. The van der Waals surface area contributed by atoms with Crippen LogP contribution in [0.3, 0.4) is 0 Å². The summed E-state index contributed by atoms with van der Waals surface area (Å²) in [5, 5.41) is 3.37. The second-order valence-electron chi connectivity index (χ2n) is 5.49. The molecule has 0 amide bonds. The number of aryl methyl sites for hydroxylation is 1. The SMILES string of the molecule is Cc1ccc(OC(CNC(C)C)c2ccccc2)cc1F. The van der Waals surface area contributed by atoms with Crippen LogP contribution in [0.1, 0.15) is 31.1 Å². The zero-order chi connectivity index (χ0) is 15.2. The van der Waals surface area contributed by atoms with E-state index in [4.69, 9.17) is 4.74 Å². The first-order chi connectivity index (χ1) is 10.1. The van der Waals surface area contributed by atoms with Crippen molar-refractivity contribution >= 4 is 0 Å². The smallest absolute Gasteiger partial charge is 0.136 e. The van der Waals surface area contributed by atoms with Crippen molar-refractivity contribution in [3.05, 3.63) is 65.5 Å². The second kappa shape index (κ2) is 7.23. The van der Waals surface area contributed by atoms with Crippen molar-refractivity contribution in [2.24, 2.45) is 0 Å². The summed E-state index contributed by atoms with van der Waals surface area (Å²) < 4.78 is 19.6. The first-order valence-corrected chi connectivity index (χ1v) is 7.27. The molecular formula is C18H22FNO. The van der Waals surface area contributed by atoms with Crippen molar-refractivity contribution in [3.8, 4) is 5.75 Å². The first kappa shape index (κ1) is 15.5. The van der Waals surface area contributed by atoms with E-state index >= 15 is 0 Å². The molecule has 2 nitrogen and oxygen atoms in total. The summed E-state index contributed by atoms with van der Waals surface area (Å²) in [6.45, 7) is 6.60. The minimum atomic E-state index is -0.240. The van der Waals surface area contributed by atoms with Crippen LogP contribution in [-0.2, 0) is 0 Å². The average molecular weight is 287 g/mol. The summed E-state index contributed by atoms with van der Waals surface area (Å²) in [5.41, 5.74) is 1.70. The molecule has 0 heterocycles. The number of ether oxygens (including phenoxy) is 1. The van der Waals surface area contributed by atoms with Crippen LogP contribution >= 0.6 is 0 Å². The fourth-order valence-electron chi connectivity index (χ4n) is 2.05. The Kier molecular flexibility index (Phi) is 5.34. The van der Waals surface area contributed by atoms with Crippen molar-refractivity contribution in [3.63, 3.8) is 0 Å². The molecule has 0 fully saturated rings. The van der Waals surface area contributed by atoms with Gasteiger partial charge in [0.25, 0.3) is 0 Å². The van der Waals surface area contributed by atoms with E-state index in [2.05, 4.69) is 19.2 Å². The number of benzene rings is 2. The van der Waals surface area contributed by atoms with E-state index in [-0.39, 0.29) is 11.9 Å². The van der Waals surface area contributed by atoms with Gasteiger partial charge in [0.1, 0.15) is 17.7 Å². The lowest BCUT2D eigenvalue weighted by molar-refractivity contribution is 0.197. The van der Waals surface area contributed by atoms with Gasteiger partial charge in [-0.3, -0.25) is 0 Å². The number of hydrogen-bond acceptors (Lipinski definition) is 2. The highest BCUT2D eigenvalue weighted by molar-refractivity contribution is 5.29. The molecule has 2 aromatic carbocycles. The van der Waals surface area contributed by atoms with Gasteiger partial charge in [0, 0.05) is 18.7 Å². The largest absolute Gasteiger partial charge is 0.484 e. The highest BCUT2D eigenvalue weighted by atomic mass is 19.1. The van der Waals surface area contributed by atoms with E-state index in [1.807, 2.05) is 36.4 Å². The van der Waals surface area contributed by atoms with Crippen molar-refractivity contribution < 1.29 is 9.13 Å². The van der Waals surface area contributed by atoms with Gasteiger partial charge in [-0.2, -0.15) is 0 Å². The van der Waals surface area contributed by atoms with Crippen LogP contribution in [0.25, 0.3) is 0 Å². The second-order valence-corrected chi connectivity index (χ2v) is 5.49. The monoisotopic (exact) mass is 287 g/mol. The maximum Gasteiger partial charge on any atom is 0.136 e. The van der Waals surface area contributed by atoms with Crippen LogP contribution in [0.4, 0.5) is 4.39 Å². The van der Waals surface area contributed by atoms with E-state index in [1.54, 1.807) is 13.0 Å². The molecule has 0 aliphatic rings. The molecule has 0 saturated heterocycles. The fourth-order valence-corrected chi connectivity index (χ4v) is 2.05. The molecule has 1 N–H and O–H groups in total. The zero-order valence-corrected chi connectivity index (χ0v) is 12.8. The van der Waals surface area contributed by atoms with Gasteiger partial charge in [0.15, 0.2) is 0 Å². The van der Waals surface area contributed by atoms with E-state index in [0.717, 1.165) is 5.56 Å². The quantitative estimate of drug-likeness (QED) is 0.857. The number of halogens is 1. The molecule has 0 saturated carbocycles. The minimum Gasteiger partial charge on any atom is -0.484 e. The molecule has 2 rings (SSSR count). The average Bonchev–Trinajstić information content (AvgIpc) is 2.48. The van der Waals surface area contributed by atoms with Crippen molar-refractivity contribution in [2.45, 2.75) is 32.9 Å². The lowest BCUT2D eigenvalue weighted by atomic mass is 10.1. The van der Waals surface area contributed by atoms with Crippen LogP contribution in [0.2, 0.25) is 0 Å². The van der Waals surface area contributed by atoms with Crippen molar-refractivity contribution in [1.29, 1.82) is 0 Å². The van der Waals surface area contributed by atoms with Gasteiger partial charge in [-0.05, 0) is 24.1 Å². The summed E-state index contributed by atoms with van der Waals surface area (Å²) in [4.78, 5) is 0. The topological polar surface area (TPSA) is 21.3 Å². The third-order valence-electron chi connectivity index (χ3n) is 3.30. The van der Waals surface area contributed by atoms with Crippen LogP contribution in [0.15, 0.2) is 48.5 Å². The van der Waals surface area contributed by atoms with E-state index in [9.17, 15) is 4.39 Å². The molecule has 0 bridgehead atoms. The molecule has 112 valence electrons. The Balaban J connectivity index is 2.17. The Morgan fingerprint density at radius 1 is 1.10 bits per heavy atom. The van der Waals surface area contributed by atoms with Gasteiger partial charge in [-0.15, -0.1) is 0 Å². The number of nitrogens with one attached hydrogen (secondary N) is 1. The number of hydrogen-bond donors (Lipinski definition) is 1.